The third-order valence-corrected chi connectivity index (χ3v) is 4.96. The summed E-state index contributed by atoms with van der Waals surface area (Å²) >= 11 is 0. The Morgan fingerprint density at radius 1 is 1.00 bits per heavy atom. The van der Waals surface area contributed by atoms with Crippen molar-refractivity contribution in [2.24, 2.45) is 0 Å². The molecule has 7 heteroatoms. The van der Waals surface area contributed by atoms with Gasteiger partial charge in [-0.1, -0.05) is 24.3 Å². The normalized spacial score (nSPS) is 13.9. The molecule has 28 heavy (non-hydrogen) atoms. The summed E-state index contributed by atoms with van der Waals surface area (Å²) in [6, 6.07) is 9.42. The van der Waals surface area contributed by atoms with Crippen molar-refractivity contribution in [1.29, 1.82) is 0 Å². The molecule has 1 saturated heterocycles. The lowest BCUT2D eigenvalue weighted by atomic mass is 10.1. The molecule has 1 aromatic heterocycles. The van der Waals surface area contributed by atoms with Crippen LogP contribution in [0.2, 0.25) is 0 Å². The molecule has 1 aliphatic rings. The first kappa shape index (κ1) is 19.5. The Balaban J connectivity index is 1.63. The average molecular weight is 380 g/mol. The quantitative estimate of drug-likeness (QED) is 0.874. The van der Waals surface area contributed by atoms with E-state index in [0.29, 0.717) is 43.9 Å². The molecule has 146 valence electrons. The van der Waals surface area contributed by atoms with Crippen molar-refractivity contribution in [3.8, 4) is 0 Å². The van der Waals surface area contributed by atoms with Crippen molar-refractivity contribution in [2.75, 3.05) is 26.2 Å². The van der Waals surface area contributed by atoms with E-state index in [1.165, 1.54) is 19.3 Å². The number of piperazine rings is 1. The Bertz CT molecular complexity index is 889. The summed E-state index contributed by atoms with van der Waals surface area (Å²) in [5.74, 6) is -0.433. The van der Waals surface area contributed by atoms with Crippen LogP contribution in [0.4, 0.5) is 0 Å². The Morgan fingerprint density at radius 3 is 2.32 bits per heavy atom. The summed E-state index contributed by atoms with van der Waals surface area (Å²) < 4.78 is 0. The van der Waals surface area contributed by atoms with E-state index in [4.69, 9.17) is 0 Å². The molecular weight excluding hydrogens is 356 g/mol. The number of carbonyl (C=O) groups is 3. The van der Waals surface area contributed by atoms with Gasteiger partial charge in [-0.15, -0.1) is 0 Å². The monoisotopic (exact) mass is 380 g/mol. The number of carbonyl (C=O) groups excluding carboxylic acids is 3. The first-order chi connectivity index (χ1) is 13.5. The largest absolute Gasteiger partial charge is 0.348 e. The molecule has 0 radical (unpaired) electrons. The van der Waals surface area contributed by atoms with Crippen molar-refractivity contribution < 1.29 is 14.4 Å². The van der Waals surface area contributed by atoms with Gasteiger partial charge in [-0.3, -0.25) is 19.4 Å². The van der Waals surface area contributed by atoms with Gasteiger partial charge in [0.15, 0.2) is 0 Å². The van der Waals surface area contributed by atoms with Gasteiger partial charge in [-0.2, -0.15) is 0 Å². The average Bonchev–Trinajstić information content (AvgIpc) is 2.72. The molecule has 0 saturated carbocycles. The highest BCUT2D eigenvalue weighted by Crippen LogP contribution is 2.11. The molecule has 2 aromatic rings. The Kier molecular flexibility index (Phi) is 6.03. The third kappa shape index (κ3) is 4.54. The number of aromatic nitrogens is 1. The minimum Gasteiger partial charge on any atom is -0.348 e. The number of nitrogens with one attached hydrogen (secondary N) is 1. The molecule has 1 fully saturated rings. The maximum absolute atomic E-state index is 12.7. The second kappa shape index (κ2) is 8.65. The smallest absolute Gasteiger partial charge is 0.255 e. The number of amides is 3. The number of pyridine rings is 1. The lowest BCUT2D eigenvalue weighted by Crippen LogP contribution is -2.50. The van der Waals surface area contributed by atoms with Gasteiger partial charge >= 0.3 is 0 Å². The minimum atomic E-state index is -0.271. The van der Waals surface area contributed by atoms with Crippen molar-refractivity contribution in [3.63, 3.8) is 0 Å². The zero-order valence-corrected chi connectivity index (χ0v) is 16.1. The number of nitrogens with zero attached hydrogens (tertiary/aromatic N) is 3. The highest BCUT2D eigenvalue weighted by atomic mass is 16.2. The van der Waals surface area contributed by atoms with Crippen LogP contribution < -0.4 is 5.32 Å². The summed E-state index contributed by atoms with van der Waals surface area (Å²) in [4.78, 5) is 44.1. The first-order valence-corrected chi connectivity index (χ1v) is 9.28. The summed E-state index contributed by atoms with van der Waals surface area (Å²) in [5, 5.41) is 2.87. The van der Waals surface area contributed by atoms with Crippen LogP contribution in [0.25, 0.3) is 0 Å². The SMILES string of the molecule is CC(=O)N1CCN(C(=O)c2cncc(C(=O)NCc3ccccc3C)c2)CC1. The van der Waals surface area contributed by atoms with Crippen LogP contribution in [0.3, 0.4) is 0 Å². The van der Waals surface area contributed by atoms with Gasteiger partial charge in [0.05, 0.1) is 11.1 Å². The Hall–Kier alpha value is -3.22. The molecule has 0 bridgehead atoms. The fraction of sp³-hybridized carbons (Fsp3) is 0.333. The number of hydrogen-bond donors (Lipinski definition) is 1. The molecule has 0 atom stereocenters. The van der Waals surface area contributed by atoms with Crippen LogP contribution in [0.5, 0.6) is 0 Å². The maximum atomic E-state index is 12.7. The van der Waals surface area contributed by atoms with Gasteiger partial charge in [0.1, 0.15) is 0 Å². The van der Waals surface area contributed by atoms with Crippen molar-refractivity contribution in [2.45, 2.75) is 20.4 Å². The van der Waals surface area contributed by atoms with E-state index in [9.17, 15) is 14.4 Å². The second-order valence-electron chi connectivity index (χ2n) is 6.87. The zero-order chi connectivity index (χ0) is 20.1. The number of rotatable bonds is 4. The van der Waals surface area contributed by atoms with E-state index < -0.39 is 0 Å². The molecule has 2 heterocycles. The standard InChI is InChI=1S/C21H24N4O3/c1-15-5-3-4-6-17(15)14-23-20(27)18-11-19(13-22-12-18)21(28)25-9-7-24(8-10-25)16(2)26/h3-6,11-13H,7-10,14H2,1-2H3,(H,23,27). The van der Waals surface area contributed by atoms with Gasteiger partial charge in [0.2, 0.25) is 5.91 Å². The molecule has 7 nitrogen and oxygen atoms in total. The highest BCUT2D eigenvalue weighted by molar-refractivity contribution is 5.99. The topological polar surface area (TPSA) is 82.6 Å². The summed E-state index contributed by atoms with van der Waals surface area (Å²) in [6.07, 6.45) is 2.93. The van der Waals surface area contributed by atoms with Crippen LogP contribution in [0, 0.1) is 6.92 Å². The van der Waals surface area contributed by atoms with Gasteiger partial charge in [-0.25, -0.2) is 0 Å². The minimum absolute atomic E-state index is 0.0149. The van der Waals surface area contributed by atoms with Gasteiger partial charge in [0, 0.05) is 52.0 Å². The molecule has 0 unspecified atom stereocenters. The summed E-state index contributed by atoms with van der Waals surface area (Å²) in [6.45, 7) is 5.92. The van der Waals surface area contributed by atoms with Crippen molar-refractivity contribution in [1.82, 2.24) is 20.1 Å². The predicted molar refractivity (Wildman–Crippen MR) is 105 cm³/mol. The third-order valence-electron chi connectivity index (χ3n) is 4.96. The maximum Gasteiger partial charge on any atom is 0.255 e. The van der Waals surface area contributed by atoms with Crippen LogP contribution in [0.1, 0.15) is 38.8 Å². The Morgan fingerprint density at radius 2 is 1.64 bits per heavy atom. The summed E-state index contributed by atoms with van der Waals surface area (Å²) in [5.41, 5.74) is 2.87. The number of benzene rings is 1. The molecule has 1 aromatic carbocycles. The predicted octanol–water partition coefficient (Wildman–Crippen LogP) is 1.62. The van der Waals surface area contributed by atoms with Crippen LogP contribution in [-0.4, -0.2) is 58.7 Å². The Labute approximate surface area is 164 Å². The molecular formula is C21H24N4O3. The fourth-order valence-electron chi connectivity index (χ4n) is 3.17. The van der Waals surface area contributed by atoms with E-state index in [1.54, 1.807) is 15.9 Å². The second-order valence-corrected chi connectivity index (χ2v) is 6.87. The first-order valence-electron chi connectivity index (χ1n) is 9.28. The van der Waals surface area contributed by atoms with E-state index in [2.05, 4.69) is 10.3 Å². The van der Waals surface area contributed by atoms with Gasteiger partial charge < -0.3 is 15.1 Å². The molecule has 3 amide bonds. The van der Waals surface area contributed by atoms with E-state index in [-0.39, 0.29) is 17.7 Å². The van der Waals surface area contributed by atoms with Crippen LogP contribution in [-0.2, 0) is 11.3 Å². The van der Waals surface area contributed by atoms with Gasteiger partial charge in [0.25, 0.3) is 11.8 Å². The molecule has 0 spiro atoms. The van der Waals surface area contributed by atoms with Crippen molar-refractivity contribution >= 4 is 17.7 Å². The zero-order valence-electron chi connectivity index (χ0n) is 16.1. The highest BCUT2D eigenvalue weighted by Gasteiger charge is 2.24. The van der Waals surface area contributed by atoms with Crippen LogP contribution in [0.15, 0.2) is 42.7 Å². The lowest BCUT2D eigenvalue weighted by Gasteiger charge is -2.34. The number of hydrogen-bond acceptors (Lipinski definition) is 4. The molecule has 1 N–H and O–H groups in total. The van der Waals surface area contributed by atoms with E-state index in [1.807, 2.05) is 31.2 Å². The molecule has 0 aliphatic carbocycles. The van der Waals surface area contributed by atoms with E-state index >= 15 is 0 Å². The fourth-order valence-corrected chi connectivity index (χ4v) is 3.17. The van der Waals surface area contributed by atoms with Crippen molar-refractivity contribution in [3.05, 3.63) is 65.0 Å². The van der Waals surface area contributed by atoms with E-state index in [0.717, 1.165) is 11.1 Å². The summed E-state index contributed by atoms with van der Waals surface area (Å²) in [7, 11) is 0. The lowest BCUT2D eigenvalue weighted by molar-refractivity contribution is -0.130. The van der Waals surface area contributed by atoms with Crippen LogP contribution >= 0.6 is 0 Å². The van der Waals surface area contributed by atoms with Gasteiger partial charge in [-0.05, 0) is 24.1 Å². The molecule has 3 rings (SSSR count). The number of aryl methyl sites for hydroxylation is 1. The molecule has 1 aliphatic heterocycles.